The Balaban J connectivity index is 2.22. The highest BCUT2D eigenvalue weighted by atomic mass is 32.2. The number of nitrogens with one attached hydrogen (secondary N) is 2. The van der Waals surface area contributed by atoms with Gasteiger partial charge in [-0.15, -0.1) is 0 Å². The van der Waals surface area contributed by atoms with Crippen LogP contribution in [-0.4, -0.2) is 41.7 Å². The highest BCUT2D eigenvalue weighted by Crippen LogP contribution is 2.22. The lowest BCUT2D eigenvalue weighted by Gasteiger charge is -2.18. The van der Waals surface area contributed by atoms with Gasteiger partial charge in [0.25, 0.3) is 0 Å². The van der Waals surface area contributed by atoms with Crippen LogP contribution >= 0.6 is 11.8 Å². The predicted octanol–water partition coefficient (Wildman–Crippen LogP) is 2.18. The monoisotopic (exact) mass is 302 g/mol. The molecule has 0 bridgehead atoms. The molecule has 5 nitrogen and oxygen atoms in total. The molecule has 0 spiro atoms. The van der Waals surface area contributed by atoms with Crippen molar-refractivity contribution in [3.05, 3.63) is 0 Å². The molecule has 1 aliphatic heterocycles. The average Bonchev–Trinajstić information content (AvgIpc) is 2.85. The van der Waals surface area contributed by atoms with Crippen LogP contribution in [0.2, 0.25) is 0 Å². The Morgan fingerprint density at radius 1 is 1.35 bits per heavy atom. The first kappa shape index (κ1) is 17.1. The van der Waals surface area contributed by atoms with Gasteiger partial charge in [-0.05, 0) is 42.1 Å². The van der Waals surface area contributed by atoms with E-state index in [1.807, 2.05) is 11.8 Å². The zero-order valence-corrected chi connectivity index (χ0v) is 13.2. The fourth-order valence-corrected chi connectivity index (χ4v) is 3.72. The van der Waals surface area contributed by atoms with E-state index in [9.17, 15) is 9.59 Å². The Kier molecular flexibility index (Phi) is 7.80. The second-order valence-electron chi connectivity index (χ2n) is 5.91. The van der Waals surface area contributed by atoms with E-state index in [1.165, 1.54) is 12.2 Å². The van der Waals surface area contributed by atoms with Gasteiger partial charge in [-0.25, -0.2) is 4.79 Å². The summed E-state index contributed by atoms with van der Waals surface area (Å²) in [5.41, 5.74) is 0. The number of thioether (sulfide) groups is 1. The Hall–Kier alpha value is -0.910. The molecule has 3 N–H and O–H groups in total. The number of urea groups is 1. The third-order valence-corrected chi connectivity index (χ3v) is 4.63. The molecule has 1 fully saturated rings. The second kappa shape index (κ2) is 9.10. The van der Waals surface area contributed by atoms with Crippen LogP contribution in [0, 0.1) is 17.8 Å². The number of carboxylic acid groups (broad SMARTS) is 1. The first-order chi connectivity index (χ1) is 9.47. The third kappa shape index (κ3) is 7.62. The molecule has 0 aromatic rings. The smallest absolute Gasteiger partial charge is 0.314 e. The van der Waals surface area contributed by atoms with E-state index in [4.69, 9.17) is 5.11 Å². The minimum absolute atomic E-state index is 0.000265. The summed E-state index contributed by atoms with van der Waals surface area (Å²) in [6.07, 6.45) is 2.09. The van der Waals surface area contributed by atoms with Gasteiger partial charge in [0, 0.05) is 19.5 Å². The maximum Gasteiger partial charge on any atom is 0.314 e. The molecule has 0 aliphatic carbocycles. The fraction of sp³-hybridized carbons (Fsp3) is 0.857. The molecule has 116 valence electrons. The number of amides is 2. The fourth-order valence-electron chi connectivity index (χ4n) is 2.43. The van der Waals surface area contributed by atoms with Crippen molar-refractivity contribution >= 4 is 23.8 Å². The molecule has 2 atom stereocenters. The zero-order valence-electron chi connectivity index (χ0n) is 12.4. The number of rotatable bonds is 8. The molecule has 1 heterocycles. The van der Waals surface area contributed by atoms with Gasteiger partial charge in [-0.2, -0.15) is 11.8 Å². The Bertz CT molecular complexity index is 318. The Morgan fingerprint density at radius 3 is 2.65 bits per heavy atom. The molecule has 2 amide bonds. The van der Waals surface area contributed by atoms with E-state index in [2.05, 4.69) is 24.5 Å². The molecule has 6 heteroatoms. The molecule has 0 aromatic heterocycles. The summed E-state index contributed by atoms with van der Waals surface area (Å²) in [5, 5.41) is 14.6. The van der Waals surface area contributed by atoms with Crippen molar-refractivity contribution in [3.8, 4) is 0 Å². The minimum Gasteiger partial charge on any atom is -0.481 e. The quantitative estimate of drug-likeness (QED) is 0.642. The number of carbonyl (C=O) groups excluding carboxylic acids is 1. The number of carboxylic acids is 1. The molecular weight excluding hydrogens is 276 g/mol. The number of carbonyl (C=O) groups is 2. The predicted molar refractivity (Wildman–Crippen MR) is 82.0 cm³/mol. The Labute approximate surface area is 125 Å². The van der Waals surface area contributed by atoms with Gasteiger partial charge < -0.3 is 15.7 Å². The number of aliphatic carboxylic acids is 1. The zero-order chi connectivity index (χ0) is 15.0. The van der Waals surface area contributed by atoms with Crippen molar-refractivity contribution in [3.63, 3.8) is 0 Å². The lowest BCUT2D eigenvalue weighted by atomic mass is 9.94. The van der Waals surface area contributed by atoms with Gasteiger partial charge in [0.1, 0.15) is 0 Å². The van der Waals surface area contributed by atoms with Crippen molar-refractivity contribution in [2.24, 2.45) is 17.8 Å². The highest BCUT2D eigenvalue weighted by molar-refractivity contribution is 7.99. The lowest BCUT2D eigenvalue weighted by Crippen LogP contribution is -2.40. The van der Waals surface area contributed by atoms with Crippen molar-refractivity contribution in [2.45, 2.75) is 33.1 Å². The molecule has 1 unspecified atom stereocenters. The van der Waals surface area contributed by atoms with Crippen LogP contribution in [0.1, 0.15) is 33.1 Å². The molecule has 1 aliphatic rings. The summed E-state index contributed by atoms with van der Waals surface area (Å²) < 4.78 is 0. The van der Waals surface area contributed by atoms with Crippen molar-refractivity contribution < 1.29 is 14.7 Å². The maximum absolute atomic E-state index is 11.7. The maximum atomic E-state index is 11.7. The third-order valence-electron chi connectivity index (χ3n) is 3.39. The van der Waals surface area contributed by atoms with Gasteiger partial charge >= 0.3 is 12.0 Å². The van der Waals surface area contributed by atoms with E-state index in [1.54, 1.807) is 0 Å². The standard InChI is InChI=1S/C14H26N2O3S/c1-10(2)5-12(6-13(17)18)8-16-14(19)15-7-11-3-4-20-9-11/h10-12H,3-9H2,1-2H3,(H,17,18)(H2,15,16,19)/t11?,12-/m0/s1. The summed E-state index contributed by atoms with van der Waals surface area (Å²) in [7, 11) is 0. The SMILES string of the molecule is CC(C)C[C@H](CNC(=O)NCC1CCSC1)CC(=O)O. The van der Waals surface area contributed by atoms with E-state index < -0.39 is 5.97 Å². The molecule has 0 saturated carbocycles. The molecule has 0 radical (unpaired) electrons. The van der Waals surface area contributed by atoms with E-state index in [0.29, 0.717) is 24.9 Å². The molecule has 20 heavy (non-hydrogen) atoms. The summed E-state index contributed by atoms with van der Waals surface area (Å²) in [6, 6.07) is -0.180. The lowest BCUT2D eigenvalue weighted by molar-refractivity contribution is -0.138. The summed E-state index contributed by atoms with van der Waals surface area (Å²) in [5.74, 6) is 2.51. The van der Waals surface area contributed by atoms with Crippen LogP contribution in [0.5, 0.6) is 0 Å². The average molecular weight is 302 g/mol. The number of hydrogen-bond donors (Lipinski definition) is 3. The minimum atomic E-state index is -0.805. The van der Waals surface area contributed by atoms with Crippen LogP contribution < -0.4 is 10.6 Å². The van der Waals surface area contributed by atoms with E-state index >= 15 is 0 Å². The highest BCUT2D eigenvalue weighted by Gasteiger charge is 2.18. The molecule has 1 rings (SSSR count). The number of hydrogen-bond acceptors (Lipinski definition) is 3. The van der Waals surface area contributed by atoms with Gasteiger partial charge in [0.2, 0.25) is 0 Å². The Morgan fingerprint density at radius 2 is 2.10 bits per heavy atom. The van der Waals surface area contributed by atoms with Crippen LogP contribution in [0.3, 0.4) is 0 Å². The largest absolute Gasteiger partial charge is 0.481 e. The molecule has 1 saturated heterocycles. The van der Waals surface area contributed by atoms with Crippen LogP contribution in [0.4, 0.5) is 4.79 Å². The van der Waals surface area contributed by atoms with Crippen LogP contribution in [0.15, 0.2) is 0 Å². The van der Waals surface area contributed by atoms with E-state index in [-0.39, 0.29) is 18.4 Å². The molecule has 0 aromatic carbocycles. The van der Waals surface area contributed by atoms with E-state index in [0.717, 1.165) is 12.2 Å². The van der Waals surface area contributed by atoms with Crippen LogP contribution in [-0.2, 0) is 4.79 Å². The van der Waals surface area contributed by atoms with Crippen molar-refractivity contribution in [2.75, 3.05) is 24.6 Å². The van der Waals surface area contributed by atoms with Gasteiger partial charge in [-0.3, -0.25) is 4.79 Å². The van der Waals surface area contributed by atoms with Gasteiger partial charge in [0.15, 0.2) is 0 Å². The van der Waals surface area contributed by atoms with Gasteiger partial charge in [-0.1, -0.05) is 13.8 Å². The normalized spacial score (nSPS) is 19.9. The molecular formula is C14H26N2O3S. The summed E-state index contributed by atoms with van der Waals surface area (Å²) >= 11 is 1.93. The first-order valence-corrected chi connectivity index (χ1v) is 8.44. The van der Waals surface area contributed by atoms with Crippen molar-refractivity contribution in [1.82, 2.24) is 10.6 Å². The summed E-state index contributed by atoms with van der Waals surface area (Å²) in [6.45, 7) is 5.27. The second-order valence-corrected chi connectivity index (χ2v) is 7.06. The summed E-state index contributed by atoms with van der Waals surface area (Å²) in [4.78, 5) is 22.5. The topological polar surface area (TPSA) is 78.4 Å². The first-order valence-electron chi connectivity index (χ1n) is 7.28. The van der Waals surface area contributed by atoms with Crippen LogP contribution in [0.25, 0.3) is 0 Å². The van der Waals surface area contributed by atoms with Gasteiger partial charge in [0.05, 0.1) is 0 Å². The van der Waals surface area contributed by atoms with Crippen molar-refractivity contribution in [1.29, 1.82) is 0 Å².